The monoisotopic (exact) mass is 235 g/mol. The number of carboxylic acid groups (broad SMARTS) is 1. The number of carbonyl (C=O) groups excluding carboxylic acids is 1. The van der Waals surface area contributed by atoms with Crippen LogP contribution in [0.2, 0.25) is 0 Å². The van der Waals surface area contributed by atoms with E-state index >= 15 is 0 Å². The predicted molar refractivity (Wildman–Crippen MR) is 61.1 cm³/mol. The highest BCUT2D eigenvalue weighted by atomic mass is 16.4. The average molecular weight is 235 g/mol. The first-order chi connectivity index (χ1) is 8.13. The van der Waals surface area contributed by atoms with Gasteiger partial charge in [-0.25, -0.2) is 4.79 Å². The molecule has 0 aliphatic rings. The van der Waals surface area contributed by atoms with Crippen LogP contribution in [0.4, 0.5) is 0 Å². The molecule has 1 amide bonds. The number of carboxylic acids is 1. The molecule has 0 unspecified atom stereocenters. The predicted octanol–water partition coefficient (Wildman–Crippen LogP) is 1.44. The Hall–Kier alpha value is -2.30. The van der Waals surface area contributed by atoms with Gasteiger partial charge in [0.1, 0.15) is 5.76 Å². The van der Waals surface area contributed by atoms with Gasteiger partial charge in [0, 0.05) is 18.7 Å². The maximum absolute atomic E-state index is 11.7. The second kappa shape index (κ2) is 6.32. The van der Waals surface area contributed by atoms with E-state index < -0.39 is 11.9 Å². The molecule has 0 radical (unpaired) electrons. The molecule has 1 rings (SSSR count). The van der Waals surface area contributed by atoms with Crippen LogP contribution in [-0.4, -0.2) is 28.4 Å². The quantitative estimate of drug-likeness (QED) is 0.598. The summed E-state index contributed by atoms with van der Waals surface area (Å²) in [6.45, 7) is 4.14. The second-order valence-corrected chi connectivity index (χ2v) is 3.26. The zero-order valence-electron chi connectivity index (χ0n) is 9.20. The van der Waals surface area contributed by atoms with Gasteiger partial charge >= 0.3 is 5.97 Å². The third-order valence-electron chi connectivity index (χ3n) is 1.96. The lowest BCUT2D eigenvalue weighted by atomic mass is 10.3. The van der Waals surface area contributed by atoms with Gasteiger partial charge in [-0.2, -0.15) is 0 Å². The van der Waals surface area contributed by atoms with E-state index in [-0.39, 0.29) is 6.54 Å². The zero-order chi connectivity index (χ0) is 12.7. The molecule has 1 heterocycles. The topological polar surface area (TPSA) is 70.8 Å². The Morgan fingerprint density at radius 1 is 1.47 bits per heavy atom. The molecule has 0 fully saturated rings. The number of hydrogen-bond acceptors (Lipinski definition) is 3. The highest BCUT2D eigenvalue weighted by Crippen LogP contribution is 2.06. The number of amides is 1. The highest BCUT2D eigenvalue weighted by molar-refractivity contribution is 5.93. The Morgan fingerprint density at radius 3 is 2.76 bits per heavy atom. The summed E-state index contributed by atoms with van der Waals surface area (Å²) in [6.07, 6.45) is 4.89. The van der Waals surface area contributed by atoms with Crippen LogP contribution >= 0.6 is 0 Å². The molecule has 90 valence electrons. The van der Waals surface area contributed by atoms with Gasteiger partial charge in [-0.15, -0.1) is 6.58 Å². The number of aliphatic carboxylic acids is 1. The summed E-state index contributed by atoms with van der Waals surface area (Å²) in [5, 5.41) is 8.43. The molecule has 0 spiro atoms. The lowest BCUT2D eigenvalue weighted by molar-refractivity contribution is -0.132. The van der Waals surface area contributed by atoms with Crippen molar-refractivity contribution in [1.82, 2.24) is 4.90 Å². The summed E-state index contributed by atoms with van der Waals surface area (Å²) in [6, 6.07) is 3.46. The molecule has 1 aromatic heterocycles. The molecule has 1 aromatic rings. The van der Waals surface area contributed by atoms with Gasteiger partial charge < -0.3 is 14.4 Å². The van der Waals surface area contributed by atoms with Gasteiger partial charge in [-0.1, -0.05) is 6.08 Å². The number of nitrogens with zero attached hydrogens (tertiary/aromatic N) is 1. The number of rotatable bonds is 6. The lowest BCUT2D eigenvalue weighted by Crippen LogP contribution is -2.29. The minimum absolute atomic E-state index is 0.280. The summed E-state index contributed by atoms with van der Waals surface area (Å²) in [7, 11) is 0. The Labute approximate surface area is 98.6 Å². The first-order valence-corrected chi connectivity index (χ1v) is 4.96. The van der Waals surface area contributed by atoms with Crippen molar-refractivity contribution in [2.24, 2.45) is 0 Å². The van der Waals surface area contributed by atoms with Crippen LogP contribution in [0.3, 0.4) is 0 Å². The van der Waals surface area contributed by atoms with Crippen molar-refractivity contribution in [2.75, 3.05) is 6.54 Å². The van der Waals surface area contributed by atoms with Crippen LogP contribution < -0.4 is 0 Å². The van der Waals surface area contributed by atoms with E-state index in [1.165, 1.54) is 11.2 Å². The molecule has 17 heavy (non-hydrogen) atoms. The van der Waals surface area contributed by atoms with E-state index in [4.69, 9.17) is 9.52 Å². The van der Waals surface area contributed by atoms with Crippen LogP contribution in [0.5, 0.6) is 0 Å². The molecule has 0 aliphatic heterocycles. The van der Waals surface area contributed by atoms with Crippen LogP contribution in [0.25, 0.3) is 0 Å². The maximum atomic E-state index is 11.7. The van der Waals surface area contributed by atoms with E-state index in [1.54, 1.807) is 18.2 Å². The van der Waals surface area contributed by atoms with E-state index in [9.17, 15) is 9.59 Å². The summed E-state index contributed by atoms with van der Waals surface area (Å²) < 4.78 is 5.12. The van der Waals surface area contributed by atoms with Gasteiger partial charge in [0.05, 0.1) is 12.8 Å². The maximum Gasteiger partial charge on any atom is 0.328 e. The van der Waals surface area contributed by atoms with Crippen molar-refractivity contribution >= 4 is 11.9 Å². The van der Waals surface area contributed by atoms with Gasteiger partial charge in [0.25, 0.3) is 0 Å². The van der Waals surface area contributed by atoms with Crippen LogP contribution in [0, 0.1) is 0 Å². The molecule has 0 saturated heterocycles. The molecule has 0 saturated carbocycles. The third kappa shape index (κ3) is 4.38. The highest BCUT2D eigenvalue weighted by Gasteiger charge is 2.11. The fraction of sp³-hybridized carbons (Fsp3) is 0.167. The van der Waals surface area contributed by atoms with E-state index in [0.717, 1.165) is 12.2 Å². The van der Waals surface area contributed by atoms with E-state index in [0.29, 0.717) is 12.3 Å². The molecule has 0 aromatic carbocycles. The summed E-state index contributed by atoms with van der Waals surface area (Å²) in [5.41, 5.74) is 0. The van der Waals surface area contributed by atoms with E-state index in [1.807, 2.05) is 0 Å². The summed E-state index contributed by atoms with van der Waals surface area (Å²) in [4.78, 5) is 23.4. The SMILES string of the molecule is C=CCN(Cc1ccco1)C(=O)/C=C/C(=O)O. The Bertz CT molecular complexity index is 420. The van der Waals surface area contributed by atoms with Crippen molar-refractivity contribution in [3.63, 3.8) is 0 Å². The Balaban J connectivity index is 2.68. The zero-order valence-corrected chi connectivity index (χ0v) is 9.20. The standard InChI is InChI=1S/C12H13NO4/c1-2-7-13(9-10-4-3-8-17-10)11(14)5-6-12(15)16/h2-6,8H,1,7,9H2,(H,15,16)/b6-5+. The molecule has 5 heteroatoms. The summed E-state index contributed by atoms with van der Waals surface area (Å²) in [5.74, 6) is -0.928. The molecule has 0 atom stereocenters. The molecule has 5 nitrogen and oxygen atoms in total. The van der Waals surface area contributed by atoms with Gasteiger partial charge in [0.15, 0.2) is 0 Å². The van der Waals surface area contributed by atoms with Gasteiger partial charge in [-0.3, -0.25) is 4.79 Å². The third-order valence-corrected chi connectivity index (χ3v) is 1.96. The second-order valence-electron chi connectivity index (χ2n) is 3.26. The minimum atomic E-state index is -1.16. The van der Waals surface area contributed by atoms with E-state index in [2.05, 4.69) is 6.58 Å². The molecule has 1 N–H and O–H groups in total. The fourth-order valence-electron chi connectivity index (χ4n) is 1.23. The summed E-state index contributed by atoms with van der Waals surface area (Å²) >= 11 is 0. The minimum Gasteiger partial charge on any atom is -0.478 e. The van der Waals surface area contributed by atoms with Crippen LogP contribution in [-0.2, 0) is 16.1 Å². The van der Waals surface area contributed by atoms with Crippen molar-refractivity contribution in [3.05, 3.63) is 49.0 Å². The van der Waals surface area contributed by atoms with Crippen molar-refractivity contribution in [1.29, 1.82) is 0 Å². The molecule has 0 bridgehead atoms. The fourth-order valence-corrected chi connectivity index (χ4v) is 1.23. The largest absolute Gasteiger partial charge is 0.478 e. The average Bonchev–Trinajstić information content (AvgIpc) is 2.78. The lowest BCUT2D eigenvalue weighted by Gasteiger charge is -2.17. The van der Waals surface area contributed by atoms with Gasteiger partial charge in [0.2, 0.25) is 5.91 Å². The number of hydrogen-bond donors (Lipinski definition) is 1. The Morgan fingerprint density at radius 2 is 2.24 bits per heavy atom. The first kappa shape index (κ1) is 12.8. The van der Waals surface area contributed by atoms with Crippen molar-refractivity contribution < 1.29 is 19.1 Å². The van der Waals surface area contributed by atoms with Crippen molar-refractivity contribution in [2.45, 2.75) is 6.54 Å². The normalized spacial score (nSPS) is 10.4. The van der Waals surface area contributed by atoms with Crippen molar-refractivity contribution in [3.8, 4) is 0 Å². The number of carbonyl (C=O) groups is 2. The number of furan rings is 1. The smallest absolute Gasteiger partial charge is 0.328 e. The van der Waals surface area contributed by atoms with Crippen LogP contribution in [0.1, 0.15) is 5.76 Å². The van der Waals surface area contributed by atoms with Gasteiger partial charge in [-0.05, 0) is 12.1 Å². The first-order valence-electron chi connectivity index (χ1n) is 4.96. The molecular weight excluding hydrogens is 222 g/mol. The molecular formula is C12H13NO4. The Kier molecular flexibility index (Phi) is 4.75. The van der Waals surface area contributed by atoms with Crippen LogP contribution in [0.15, 0.2) is 47.6 Å². The molecule has 0 aliphatic carbocycles.